The van der Waals surface area contributed by atoms with Crippen LogP contribution in [0.4, 0.5) is 4.79 Å². The Balaban J connectivity index is 1.60. The smallest absolute Gasteiger partial charge is 0.407 e. The van der Waals surface area contributed by atoms with E-state index in [0.29, 0.717) is 25.8 Å². The molecule has 240 valence electrons. The summed E-state index contributed by atoms with van der Waals surface area (Å²) in [6.07, 6.45) is 1.16. The van der Waals surface area contributed by atoms with Crippen LogP contribution in [0.3, 0.4) is 0 Å². The molecule has 10 nitrogen and oxygen atoms in total. The Morgan fingerprint density at radius 1 is 0.867 bits per heavy atom. The third-order valence-electron chi connectivity index (χ3n) is 7.72. The number of benzene rings is 3. The van der Waals surface area contributed by atoms with Crippen LogP contribution in [0.15, 0.2) is 72.8 Å². The van der Waals surface area contributed by atoms with Gasteiger partial charge in [-0.25, -0.2) is 4.79 Å². The Morgan fingerprint density at radius 2 is 1.47 bits per heavy atom. The minimum absolute atomic E-state index is 0.134. The lowest BCUT2D eigenvalue weighted by molar-refractivity contribution is -0.131. The Hall–Kier alpha value is -4.70. The number of carbonyl (C=O) groups excluding carboxylic acids is 4. The highest BCUT2D eigenvalue weighted by Gasteiger charge is 2.28. The van der Waals surface area contributed by atoms with Crippen LogP contribution in [0.25, 0.3) is 0 Å². The van der Waals surface area contributed by atoms with E-state index in [0.717, 1.165) is 27.8 Å². The van der Waals surface area contributed by atoms with Crippen LogP contribution in [0.5, 0.6) is 5.75 Å². The number of carbonyl (C=O) groups is 4. The number of nitrogens with two attached hydrogens (primary N) is 2. The maximum Gasteiger partial charge on any atom is 0.407 e. The molecule has 0 spiro atoms. The molecule has 0 bridgehead atoms. The molecule has 0 aromatic heterocycles. The van der Waals surface area contributed by atoms with E-state index in [9.17, 15) is 24.3 Å². The van der Waals surface area contributed by atoms with Crippen LogP contribution >= 0.6 is 0 Å². The number of Topliss-reactive ketones (excluding diaryl/α,β-unsaturated/α-hetero) is 1. The van der Waals surface area contributed by atoms with Gasteiger partial charge in [-0.15, -0.1) is 0 Å². The molecule has 3 amide bonds. The van der Waals surface area contributed by atoms with Gasteiger partial charge in [-0.05, 0) is 85.9 Å². The molecule has 0 heterocycles. The van der Waals surface area contributed by atoms with Crippen molar-refractivity contribution in [3.63, 3.8) is 0 Å². The van der Waals surface area contributed by atoms with Gasteiger partial charge in [0, 0.05) is 18.9 Å². The number of ether oxygens (including phenoxy) is 1. The number of aromatic hydroxyl groups is 1. The van der Waals surface area contributed by atoms with Crippen LogP contribution in [0.2, 0.25) is 0 Å². The highest BCUT2D eigenvalue weighted by molar-refractivity contribution is 5.93. The summed E-state index contributed by atoms with van der Waals surface area (Å²) in [6.45, 7) is 4.14. The minimum Gasteiger partial charge on any atom is -0.508 e. The molecule has 3 aromatic rings. The van der Waals surface area contributed by atoms with Crippen molar-refractivity contribution in [3.05, 3.63) is 101 Å². The third kappa shape index (κ3) is 11.7. The number of rotatable bonds is 17. The Labute approximate surface area is 264 Å². The first-order valence-corrected chi connectivity index (χ1v) is 15.2. The summed E-state index contributed by atoms with van der Waals surface area (Å²) >= 11 is 0. The van der Waals surface area contributed by atoms with E-state index in [2.05, 4.69) is 10.6 Å². The van der Waals surface area contributed by atoms with Gasteiger partial charge in [0.15, 0.2) is 5.78 Å². The zero-order chi connectivity index (χ0) is 32.8. The maximum absolute atomic E-state index is 13.5. The van der Waals surface area contributed by atoms with E-state index in [4.69, 9.17) is 16.2 Å². The number of aryl methyl sites for hydroxylation is 2. The molecule has 0 aliphatic rings. The first-order chi connectivity index (χ1) is 21.5. The summed E-state index contributed by atoms with van der Waals surface area (Å²) in [6, 6.07) is 20.0. The van der Waals surface area contributed by atoms with Crippen LogP contribution in [-0.2, 0) is 38.6 Å². The van der Waals surface area contributed by atoms with Crippen molar-refractivity contribution in [1.82, 2.24) is 10.6 Å². The molecule has 10 heteroatoms. The summed E-state index contributed by atoms with van der Waals surface area (Å²) in [5, 5.41) is 15.4. The molecule has 0 fully saturated rings. The zero-order valence-electron chi connectivity index (χ0n) is 26.0. The minimum atomic E-state index is -0.945. The van der Waals surface area contributed by atoms with Crippen LogP contribution < -0.4 is 22.1 Å². The molecule has 3 rings (SSSR count). The van der Waals surface area contributed by atoms with Gasteiger partial charge in [-0.2, -0.15) is 0 Å². The molecule has 45 heavy (non-hydrogen) atoms. The fourth-order valence-corrected chi connectivity index (χ4v) is 5.19. The van der Waals surface area contributed by atoms with E-state index in [1.165, 1.54) is 0 Å². The fourth-order valence-electron chi connectivity index (χ4n) is 5.19. The zero-order valence-corrected chi connectivity index (χ0v) is 26.0. The number of phenols is 1. The van der Waals surface area contributed by atoms with Gasteiger partial charge in [0.05, 0.1) is 12.1 Å². The number of amides is 3. The van der Waals surface area contributed by atoms with E-state index in [-0.39, 0.29) is 37.4 Å². The van der Waals surface area contributed by atoms with Crippen molar-refractivity contribution < 1.29 is 29.0 Å². The van der Waals surface area contributed by atoms with Crippen molar-refractivity contribution in [1.29, 1.82) is 0 Å². The van der Waals surface area contributed by atoms with Gasteiger partial charge in [0.25, 0.3) is 0 Å². The number of ketones is 1. The summed E-state index contributed by atoms with van der Waals surface area (Å²) in [7, 11) is 0. The standard InChI is InChI=1S/C35H44N4O6/c1-23-17-28(40)18-24(2)29(23)21-30(36)34(43)39-31(32(41)20-27(33(37)42)19-25-11-5-3-6-12-25)15-9-10-16-38-35(44)45-22-26-13-7-4-8-14-26/h3-8,11-14,17-18,27,30-31,40H,9-10,15-16,19-22,36H2,1-2H3,(H2,37,42)(H,38,44)(H,39,43)/t27?,30-,31-/m0/s1. The van der Waals surface area contributed by atoms with Gasteiger partial charge in [-0.3, -0.25) is 14.4 Å². The lowest BCUT2D eigenvalue weighted by atomic mass is 9.90. The first-order valence-electron chi connectivity index (χ1n) is 15.2. The predicted octanol–water partition coefficient (Wildman–Crippen LogP) is 3.76. The molecule has 0 aliphatic carbocycles. The van der Waals surface area contributed by atoms with Gasteiger partial charge in [-0.1, -0.05) is 60.7 Å². The molecular weight excluding hydrogens is 572 g/mol. The van der Waals surface area contributed by atoms with Crippen molar-refractivity contribution in [2.24, 2.45) is 17.4 Å². The van der Waals surface area contributed by atoms with E-state index >= 15 is 0 Å². The number of phenolic OH excluding ortho intramolecular Hbond substituents is 1. The second kappa shape index (κ2) is 17.6. The Bertz CT molecular complexity index is 1410. The van der Waals surface area contributed by atoms with E-state index in [1.807, 2.05) is 74.5 Å². The van der Waals surface area contributed by atoms with Gasteiger partial charge in [0.2, 0.25) is 11.8 Å². The summed E-state index contributed by atoms with van der Waals surface area (Å²) in [4.78, 5) is 51.1. The molecule has 7 N–H and O–H groups in total. The largest absolute Gasteiger partial charge is 0.508 e. The van der Waals surface area contributed by atoms with Crippen LogP contribution in [-0.4, -0.2) is 47.4 Å². The van der Waals surface area contributed by atoms with Gasteiger partial charge in [0.1, 0.15) is 12.4 Å². The van der Waals surface area contributed by atoms with Gasteiger partial charge < -0.3 is 31.9 Å². The normalized spacial score (nSPS) is 12.9. The highest BCUT2D eigenvalue weighted by atomic mass is 16.5. The lowest BCUT2D eigenvalue weighted by Gasteiger charge is -2.23. The Morgan fingerprint density at radius 3 is 2.07 bits per heavy atom. The van der Waals surface area contributed by atoms with Crippen LogP contribution in [0, 0.1) is 19.8 Å². The molecule has 0 saturated carbocycles. The quantitative estimate of drug-likeness (QED) is 0.144. The third-order valence-corrected chi connectivity index (χ3v) is 7.72. The fraction of sp³-hybridized carbons (Fsp3) is 0.371. The maximum atomic E-state index is 13.5. The highest BCUT2D eigenvalue weighted by Crippen LogP contribution is 2.22. The SMILES string of the molecule is Cc1cc(O)cc(C)c1C[C@H](N)C(=O)N[C@@H](CCCCNC(=O)OCc1ccccc1)C(=O)CC(Cc1ccccc1)C(N)=O. The molecule has 3 atom stereocenters. The summed E-state index contributed by atoms with van der Waals surface area (Å²) in [5.74, 6) is -2.01. The molecule has 1 unspecified atom stereocenters. The van der Waals surface area contributed by atoms with Crippen molar-refractivity contribution >= 4 is 23.7 Å². The number of alkyl carbamates (subject to hydrolysis) is 1. The molecule has 0 aliphatic heterocycles. The van der Waals surface area contributed by atoms with Crippen molar-refractivity contribution in [2.75, 3.05) is 6.54 Å². The van der Waals surface area contributed by atoms with E-state index in [1.54, 1.807) is 12.1 Å². The molecular formula is C35H44N4O6. The molecule has 3 aromatic carbocycles. The van der Waals surface area contributed by atoms with Gasteiger partial charge >= 0.3 is 6.09 Å². The second-order valence-corrected chi connectivity index (χ2v) is 11.4. The van der Waals surface area contributed by atoms with Crippen LogP contribution in [0.1, 0.15) is 53.5 Å². The number of hydrogen-bond donors (Lipinski definition) is 5. The monoisotopic (exact) mass is 616 g/mol. The molecule has 0 saturated heterocycles. The topological polar surface area (TPSA) is 174 Å². The average Bonchev–Trinajstić information content (AvgIpc) is 3.01. The first kappa shape index (κ1) is 34.8. The lowest BCUT2D eigenvalue weighted by Crippen LogP contribution is -2.50. The summed E-state index contributed by atoms with van der Waals surface area (Å²) < 4.78 is 5.23. The summed E-state index contributed by atoms with van der Waals surface area (Å²) in [5.41, 5.74) is 16.2. The second-order valence-electron chi connectivity index (χ2n) is 11.4. The number of unbranched alkanes of at least 4 members (excludes halogenated alkanes) is 1. The predicted molar refractivity (Wildman–Crippen MR) is 172 cm³/mol. The van der Waals surface area contributed by atoms with Crippen molar-refractivity contribution in [2.45, 2.75) is 71.1 Å². The number of primary amides is 1. The molecule has 0 radical (unpaired) electrons. The number of hydrogen-bond acceptors (Lipinski definition) is 7. The van der Waals surface area contributed by atoms with E-state index < -0.39 is 35.9 Å². The Kier molecular flexibility index (Phi) is 13.6. The average molecular weight is 617 g/mol. The number of nitrogens with one attached hydrogen (secondary N) is 2. The van der Waals surface area contributed by atoms with Crippen molar-refractivity contribution in [3.8, 4) is 5.75 Å².